The van der Waals surface area contributed by atoms with Gasteiger partial charge >= 0.3 is 0 Å². The Labute approximate surface area is 151 Å². The number of carbonyl (C=O) groups excluding carboxylic acids is 2. The van der Waals surface area contributed by atoms with Crippen LogP contribution in [0.4, 0.5) is 0 Å². The lowest BCUT2D eigenvalue weighted by Crippen LogP contribution is -2.54. The molecular weight excluding hydrogens is 320 g/mol. The average Bonchev–Trinajstić information content (AvgIpc) is 2.97. The van der Waals surface area contributed by atoms with E-state index >= 15 is 0 Å². The molecule has 0 atom stereocenters. The van der Waals surface area contributed by atoms with Crippen LogP contribution in [0.15, 0.2) is 0 Å². The van der Waals surface area contributed by atoms with Crippen LogP contribution in [-0.4, -0.2) is 51.9 Å². The smallest absolute Gasteiger partial charge is 0.226 e. The molecule has 0 aliphatic carbocycles. The number of unbranched alkanes of at least 4 members (excludes halogenated alkanes) is 4. The first-order valence-electron chi connectivity index (χ1n) is 9.73. The maximum atomic E-state index is 12.5. The third-order valence-corrected chi connectivity index (χ3v) is 6.88. The number of nitrogens with zero attached hydrogens (tertiary/aromatic N) is 2. The van der Waals surface area contributed by atoms with Gasteiger partial charge in [-0.15, -0.1) is 11.8 Å². The van der Waals surface area contributed by atoms with Crippen LogP contribution in [0.2, 0.25) is 0 Å². The van der Waals surface area contributed by atoms with Gasteiger partial charge in [-0.05, 0) is 19.3 Å². The van der Waals surface area contributed by atoms with E-state index in [0.717, 1.165) is 44.6 Å². The molecule has 2 rings (SSSR count). The Balaban J connectivity index is 1.80. The molecule has 0 bridgehead atoms. The number of hydrogen-bond acceptors (Lipinski definition) is 3. The standard InChI is InChI=1S/C19H34N2O2S/c1-4-5-6-7-8-9-17(22)20-12-10-19(11-13-20)21(14-15-24-19)18(23)16(2)3/h16H,4-15H2,1-3H3. The zero-order valence-corrected chi connectivity index (χ0v) is 16.5. The van der Waals surface area contributed by atoms with Crippen molar-refractivity contribution < 1.29 is 9.59 Å². The highest BCUT2D eigenvalue weighted by atomic mass is 32.2. The lowest BCUT2D eigenvalue weighted by molar-refractivity contribution is -0.139. The van der Waals surface area contributed by atoms with E-state index < -0.39 is 0 Å². The minimum Gasteiger partial charge on any atom is -0.342 e. The van der Waals surface area contributed by atoms with Crippen LogP contribution in [0.5, 0.6) is 0 Å². The number of amides is 2. The molecule has 0 aromatic carbocycles. The molecule has 1 spiro atoms. The Hall–Kier alpha value is -0.710. The summed E-state index contributed by atoms with van der Waals surface area (Å²) in [5.74, 6) is 1.68. The molecule has 0 aromatic heterocycles. The fourth-order valence-corrected chi connectivity index (χ4v) is 5.25. The molecular formula is C19H34N2O2S. The number of rotatable bonds is 7. The lowest BCUT2D eigenvalue weighted by atomic mass is 9.99. The van der Waals surface area contributed by atoms with Crippen molar-refractivity contribution in [1.29, 1.82) is 0 Å². The maximum Gasteiger partial charge on any atom is 0.226 e. The van der Waals surface area contributed by atoms with Crippen LogP contribution < -0.4 is 0 Å². The van der Waals surface area contributed by atoms with Crippen molar-refractivity contribution >= 4 is 23.6 Å². The van der Waals surface area contributed by atoms with Crippen molar-refractivity contribution in [2.75, 3.05) is 25.4 Å². The minimum absolute atomic E-state index is 0.0424. The SMILES string of the molecule is CCCCCCCC(=O)N1CCC2(CC1)SCCN2C(=O)C(C)C. The van der Waals surface area contributed by atoms with Crippen molar-refractivity contribution in [2.45, 2.75) is 77.0 Å². The Morgan fingerprint density at radius 1 is 1.04 bits per heavy atom. The lowest BCUT2D eigenvalue weighted by Gasteiger charge is -2.44. The van der Waals surface area contributed by atoms with Gasteiger partial charge in [0.2, 0.25) is 11.8 Å². The predicted molar refractivity (Wildman–Crippen MR) is 101 cm³/mol. The van der Waals surface area contributed by atoms with Crippen LogP contribution in [0.1, 0.15) is 72.1 Å². The van der Waals surface area contributed by atoms with Gasteiger partial charge in [0, 0.05) is 37.7 Å². The molecule has 0 unspecified atom stereocenters. The zero-order chi connectivity index (χ0) is 17.6. The molecule has 0 saturated carbocycles. The summed E-state index contributed by atoms with van der Waals surface area (Å²) in [4.78, 5) is 29.0. The van der Waals surface area contributed by atoms with Crippen molar-refractivity contribution in [1.82, 2.24) is 9.80 Å². The van der Waals surface area contributed by atoms with Crippen LogP contribution in [0.25, 0.3) is 0 Å². The van der Waals surface area contributed by atoms with Crippen molar-refractivity contribution in [3.63, 3.8) is 0 Å². The second-order valence-electron chi connectivity index (χ2n) is 7.48. The third kappa shape index (κ3) is 4.68. The molecule has 4 nitrogen and oxygen atoms in total. The van der Waals surface area contributed by atoms with Crippen molar-refractivity contribution in [2.24, 2.45) is 5.92 Å². The topological polar surface area (TPSA) is 40.6 Å². The fourth-order valence-electron chi connectivity index (χ4n) is 3.79. The van der Waals surface area contributed by atoms with E-state index in [1.165, 1.54) is 25.7 Å². The molecule has 2 saturated heterocycles. The van der Waals surface area contributed by atoms with Gasteiger partial charge in [0.15, 0.2) is 0 Å². The second kappa shape index (κ2) is 9.12. The normalized spacial score (nSPS) is 20.2. The quantitative estimate of drug-likeness (QED) is 0.651. The van der Waals surface area contributed by atoms with Gasteiger partial charge in [0.05, 0.1) is 4.87 Å². The maximum absolute atomic E-state index is 12.5. The summed E-state index contributed by atoms with van der Waals surface area (Å²) in [6.07, 6.45) is 8.50. The number of likely N-dealkylation sites (tertiary alicyclic amines) is 1. The first kappa shape index (κ1) is 19.6. The Morgan fingerprint density at radius 2 is 1.71 bits per heavy atom. The number of hydrogen-bond donors (Lipinski definition) is 0. The first-order chi connectivity index (χ1) is 11.5. The van der Waals surface area contributed by atoms with E-state index in [9.17, 15) is 9.59 Å². The Kier molecular flexibility index (Phi) is 7.45. The van der Waals surface area contributed by atoms with Gasteiger partial charge in [-0.3, -0.25) is 9.59 Å². The Morgan fingerprint density at radius 3 is 2.33 bits per heavy atom. The highest BCUT2D eigenvalue weighted by Crippen LogP contribution is 2.44. The first-order valence-corrected chi connectivity index (χ1v) is 10.7. The molecule has 24 heavy (non-hydrogen) atoms. The molecule has 2 aliphatic heterocycles. The van der Waals surface area contributed by atoms with Gasteiger partial charge in [-0.1, -0.05) is 46.5 Å². The zero-order valence-electron chi connectivity index (χ0n) is 15.7. The van der Waals surface area contributed by atoms with Crippen molar-refractivity contribution in [3.8, 4) is 0 Å². The van der Waals surface area contributed by atoms with E-state index in [-0.39, 0.29) is 16.7 Å². The van der Waals surface area contributed by atoms with Crippen LogP contribution in [0, 0.1) is 5.92 Å². The molecule has 2 amide bonds. The van der Waals surface area contributed by atoms with Crippen LogP contribution in [0.3, 0.4) is 0 Å². The average molecular weight is 355 g/mol. The molecule has 2 aliphatic rings. The molecule has 5 heteroatoms. The second-order valence-corrected chi connectivity index (χ2v) is 8.94. The summed E-state index contributed by atoms with van der Waals surface area (Å²) in [5, 5.41) is 0. The molecule has 138 valence electrons. The number of piperidine rings is 1. The van der Waals surface area contributed by atoms with Crippen LogP contribution >= 0.6 is 11.8 Å². The van der Waals surface area contributed by atoms with E-state index in [0.29, 0.717) is 12.3 Å². The third-order valence-electron chi connectivity index (χ3n) is 5.33. The molecule has 2 heterocycles. The molecule has 0 aromatic rings. The molecule has 2 fully saturated rings. The van der Waals surface area contributed by atoms with Gasteiger partial charge in [0.25, 0.3) is 0 Å². The molecule has 0 radical (unpaired) electrons. The van der Waals surface area contributed by atoms with Gasteiger partial charge < -0.3 is 9.80 Å². The van der Waals surface area contributed by atoms with E-state index in [2.05, 4.69) is 11.8 Å². The highest BCUT2D eigenvalue weighted by Gasteiger charge is 2.47. The van der Waals surface area contributed by atoms with Gasteiger partial charge in [0.1, 0.15) is 0 Å². The highest BCUT2D eigenvalue weighted by molar-refractivity contribution is 8.00. The van der Waals surface area contributed by atoms with E-state index in [1.54, 1.807) is 0 Å². The fraction of sp³-hybridized carbons (Fsp3) is 0.895. The van der Waals surface area contributed by atoms with E-state index in [4.69, 9.17) is 0 Å². The summed E-state index contributed by atoms with van der Waals surface area (Å²) < 4.78 is 0. The van der Waals surface area contributed by atoms with E-state index in [1.807, 2.05) is 30.5 Å². The predicted octanol–water partition coefficient (Wildman–Crippen LogP) is 3.90. The number of carbonyl (C=O) groups is 2. The van der Waals surface area contributed by atoms with Crippen LogP contribution in [-0.2, 0) is 9.59 Å². The van der Waals surface area contributed by atoms with Crippen molar-refractivity contribution in [3.05, 3.63) is 0 Å². The summed E-state index contributed by atoms with van der Waals surface area (Å²) in [7, 11) is 0. The van der Waals surface area contributed by atoms with Gasteiger partial charge in [-0.2, -0.15) is 0 Å². The summed E-state index contributed by atoms with van der Waals surface area (Å²) in [6.45, 7) is 8.66. The molecule has 0 N–H and O–H groups in total. The van der Waals surface area contributed by atoms with Gasteiger partial charge in [-0.25, -0.2) is 0 Å². The summed E-state index contributed by atoms with van der Waals surface area (Å²) >= 11 is 1.93. The summed E-state index contributed by atoms with van der Waals surface area (Å²) in [6, 6.07) is 0. The Bertz CT molecular complexity index is 431. The monoisotopic (exact) mass is 354 g/mol. The summed E-state index contributed by atoms with van der Waals surface area (Å²) in [5.41, 5.74) is 0. The number of thioether (sulfide) groups is 1. The minimum atomic E-state index is -0.0424. The largest absolute Gasteiger partial charge is 0.342 e.